The molecular formula is C30H48N2O2. The zero-order chi connectivity index (χ0) is 24.7. The van der Waals surface area contributed by atoms with Crippen LogP contribution in [0.2, 0.25) is 0 Å². The smallest absolute Gasteiger partial charge is 0.0630 e. The molecule has 0 saturated heterocycles. The number of fused-ring (bicyclic) bond motifs is 7. The van der Waals surface area contributed by atoms with Crippen molar-refractivity contribution in [1.82, 2.24) is 0 Å². The van der Waals surface area contributed by atoms with Crippen LogP contribution in [-0.4, -0.2) is 22.3 Å². The van der Waals surface area contributed by atoms with Gasteiger partial charge in [-0.1, -0.05) is 51.9 Å². The summed E-state index contributed by atoms with van der Waals surface area (Å²) in [5, 5.41) is 26.9. The SMILES string of the molecule is C=C(C)[C@@H]1CC[C@]2(/C=N\O)CC[C@]3(C)[C@H](CC[C@@H]4[C@@]5(C)CC/C(=N\O)C(C)(C)[C@@H]5CC[C@]43C)[C@@H]12. The molecule has 5 fully saturated rings. The molecule has 5 saturated carbocycles. The molecule has 4 heteroatoms. The number of rotatable bonds is 2. The van der Waals surface area contributed by atoms with Crippen molar-refractivity contribution < 1.29 is 10.4 Å². The highest BCUT2D eigenvalue weighted by molar-refractivity contribution is 5.90. The maximum absolute atomic E-state index is 9.76. The molecular weight excluding hydrogens is 420 g/mol. The Morgan fingerprint density at radius 2 is 1.62 bits per heavy atom. The van der Waals surface area contributed by atoms with Gasteiger partial charge in [0.15, 0.2) is 0 Å². The third-order valence-corrected chi connectivity index (χ3v) is 13.3. The third kappa shape index (κ3) is 2.83. The van der Waals surface area contributed by atoms with Crippen molar-refractivity contribution in [2.24, 2.45) is 67.0 Å². The van der Waals surface area contributed by atoms with Crippen molar-refractivity contribution in [3.05, 3.63) is 12.2 Å². The average Bonchev–Trinajstić information content (AvgIpc) is 3.14. The zero-order valence-corrected chi connectivity index (χ0v) is 22.5. The zero-order valence-electron chi connectivity index (χ0n) is 22.5. The summed E-state index contributed by atoms with van der Waals surface area (Å²) in [4.78, 5) is 0. The van der Waals surface area contributed by atoms with Crippen molar-refractivity contribution in [1.29, 1.82) is 0 Å². The fourth-order valence-electron chi connectivity index (χ4n) is 11.5. The molecule has 190 valence electrons. The van der Waals surface area contributed by atoms with E-state index in [0.717, 1.165) is 31.4 Å². The third-order valence-electron chi connectivity index (χ3n) is 13.3. The fourth-order valence-corrected chi connectivity index (χ4v) is 11.5. The van der Waals surface area contributed by atoms with Gasteiger partial charge in [-0.25, -0.2) is 0 Å². The summed E-state index contributed by atoms with van der Waals surface area (Å²) in [7, 11) is 0. The van der Waals surface area contributed by atoms with Crippen LogP contribution < -0.4 is 0 Å². The van der Waals surface area contributed by atoms with Crippen LogP contribution in [-0.2, 0) is 0 Å². The molecule has 4 nitrogen and oxygen atoms in total. The summed E-state index contributed by atoms with van der Waals surface area (Å²) in [5.74, 6) is 3.06. The number of allylic oxidation sites excluding steroid dienone is 1. The lowest BCUT2D eigenvalue weighted by atomic mass is 9.32. The average molecular weight is 469 g/mol. The molecule has 0 aromatic carbocycles. The minimum Gasteiger partial charge on any atom is -0.411 e. The minimum absolute atomic E-state index is 0.0311. The molecule has 0 aliphatic heterocycles. The van der Waals surface area contributed by atoms with E-state index in [1.807, 2.05) is 6.21 Å². The summed E-state index contributed by atoms with van der Waals surface area (Å²) in [6, 6.07) is 0. The molecule has 34 heavy (non-hydrogen) atoms. The molecule has 0 heterocycles. The lowest BCUT2D eigenvalue weighted by molar-refractivity contribution is -0.222. The predicted molar refractivity (Wildman–Crippen MR) is 138 cm³/mol. The molecule has 9 atom stereocenters. The first-order chi connectivity index (χ1) is 15.9. The van der Waals surface area contributed by atoms with Gasteiger partial charge in [-0.2, -0.15) is 0 Å². The van der Waals surface area contributed by atoms with Crippen LogP contribution in [0.4, 0.5) is 0 Å². The summed E-state index contributed by atoms with van der Waals surface area (Å²) in [5.41, 5.74) is 3.27. The highest BCUT2D eigenvalue weighted by atomic mass is 16.4. The van der Waals surface area contributed by atoms with Gasteiger partial charge in [-0.15, -0.1) is 5.16 Å². The Balaban J connectivity index is 1.56. The van der Waals surface area contributed by atoms with Crippen molar-refractivity contribution in [2.75, 3.05) is 0 Å². The summed E-state index contributed by atoms with van der Waals surface area (Å²) < 4.78 is 0. The van der Waals surface area contributed by atoms with Crippen LogP contribution >= 0.6 is 0 Å². The van der Waals surface area contributed by atoms with Crippen molar-refractivity contribution in [3.8, 4) is 0 Å². The lowest BCUT2D eigenvalue weighted by Crippen LogP contribution is -2.66. The Morgan fingerprint density at radius 1 is 0.882 bits per heavy atom. The number of oxime groups is 2. The van der Waals surface area contributed by atoms with E-state index in [2.05, 4.69) is 58.4 Å². The normalized spacial score (nSPS) is 53.1. The monoisotopic (exact) mass is 468 g/mol. The molecule has 0 radical (unpaired) electrons. The van der Waals surface area contributed by atoms with Crippen LogP contribution in [0.5, 0.6) is 0 Å². The Labute approximate surface area is 207 Å². The molecule has 0 unspecified atom stereocenters. The molecule has 5 rings (SSSR count). The van der Waals surface area contributed by atoms with Crippen molar-refractivity contribution in [3.63, 3.8) is 0 Å². The Morgan fingerprint density at radius 3 is 2.26 bits per heavy atom. The minimum atomic E-state index is -0.0311. The molecule has 5 aliphatic rings. The van der Waals surface area contributed by atoms with E-state index in [1.165, 1.54) is 44.1 Å². The largest absolute Gasteiger partial charge is 0.411 e. The van der Waals surface area contributed by atoms with Gasteiger partial charge in [0.05, 0.1) is 11.9 Å². The van der Waals surface area contributed by atoms with Gasteiger partial charge in [0.2, 0.25) is 0 Å². The van der Waals surface area contributed by atoms with Gasteiger partial charge in [0.1, 0.15) is 0 Å². The molecule has 5 aliphatic carbocycles. The topological polar surface area (TPSA) is 65.2 Å². The van der Waals surface area contributed by atoms with Gasteiger partial charge in [-0.05, 0) is 117 Å². The first-order valence-electron chi connectivity index (χ1n) is 14.0. The second-order valence-electron chi connectivity index (χ2n) is 14.4. The van der Waals surface area contributed by atoms with Crippen molar-refractivity contribution >= 4 is 11.9 Å². The maximum atomic E-state index is 9.76. The first-order valence-corrected chi connectivity index (χ1v) is 14.0. The van der Waals surface area contributed by atoms with E-state index >= 15 is 0 Å². The van der Waals surface area contributed by atoms with Crippen LogP contribution in [0.3, 0.4) is 0 Å². The van der Waals surface area contributed by atoms with E-state index in [4.69, 9.17) is 0 Å². The van der Waals surface area contributed by atoms with E-state index in [1.54, 1.807) is 0 Å². The molecule has 0 aromatic heterocycles. The first kappa shape index (κ1) is 24.4. The highest BCUT2D eigenvalue weighted by Gasteiger charge is 2.70. The number of hydrogen-bond donors (Lipinski definition) is 2. The van der Waals surface area contributed by atoms with E-state index in [0.29, 0.717) is 45.8 Å². The van der Waals surface area contributed by atoms with Crippen LogP contribution in [0.1, 0.15) is 106 Å². The number of nitrogens with zero attached hydrogens (tertiary/aromatic N) is 2. The van der Waals surface area contributed by atoms with E-state index in [-0.39, 0.29) is 10.8 Å². The summed E-state index contributed by atoms with van der Waals surface area (Å²) in [6.45, 7) is 19.2. The molecule has 0 bridgehead atoms. The Kier molecular flexibility index (Phi) is 5.44. The van der Waals surface area contributed by atoms with Gasteiger partial charge in [-0.3, -0.25) is 0 Å². The summed E-state index contributed by atoms with van der Waals surface area (Å²) in [6.07, 6.45) is 13.8. The van der Waals surface area contributed by atoms with Crippen LogP contribution in [0, 0.1) is 56.7 Å². The Hall–Kier alpha value is -1.32. The summed E-state index contributed by atoms with van der Waals surface area (Å²) >= 11 is 0. The number of hydrogen-bond acceptors (Lipinski definition) is 4. The molecule has 0 spiro atoms. The van der Waals surface area contributed by atoms with Gasteiger partial charge < -0.3 is 10.4 Å². The van der Waals surface area contributed by atoms with E-state index in [9.17, 15) is 10.4 Å². The maximum Gasteiger partial charge on any atom is 0.0630 e. The molecule has 0 amide bonds. The van der Waals surface area contributed by atoms with Crippen LogP contribution in [0.25, 0.3) is 0 Å². The predicted octanol–water partition coefficient (Wildman–Crippen LogP) is 7.93. The standard InChI is InChI=1S/C30H48N2O2/c1-19(2)20-10-15-30(18-31-33)17-16-28(6)21(25(20)30)8-9-23-27(5)13-12-24(32-34)26(3,4)22(27)11-14-29(23,28)7/h18,20-23,25,33-34H,1,8-17H2,2-7H3/b31-18-,32-24+/t20-,21+,22-,23+,25+,27-,28+,29+,30+/m0/s1. The fraction of sp³-hybridized carbons (Fsp3) is 0.867. The van der Waals surface area contributed by atoms with E-state index < -0.39 is 0 Å². The quantitative estimate of drug-likeness (QED) is 0.187. The molecule has 0 aromatic rings. The lowest BCUT2D eigenvalue weighted by Gasteiger charge is -2.72. The second-order valence-corrected chi connectivity index (χ2v) is 14.4. The van der Waals surface area contributed by atoms with Crippen molar-refractivity contribution in [2.45, 2.75) is 106 Å². The highest BCUT2D eigenvalue weighted by Crippen LogP contribution is 2.77. The van der Waals surface area contributed by atoms with Gasteiger partial charge in [0, 0.05) is 10.8 Å². The molecule has 2 N–H and O–H groups in total. The van der Waals surface area contributed by atoms with Gasteiger partial charge in [0.25, 0.3) is 0 Å². The van der Waals surface area contributed by atoms with Gasteiger partial charge >= 0.3 is 0 Å². The van der Waals surface area contributed by atoms with Crippen LogP contribution in [0.15, 0.2) is 22.5 Å². The Bertz CT molecular complexity index is 923. The second kappa shape index (κ2) is 7.59.